The van der Waals surface area contributed by atoms with Crippen LogP contribution in [-0.4, -0.2) is 6.61 Å². The van der Waals surface area contributed by atoms with Crippen molar-refractivity contribution in [2.24, 2.45) is 5.90 Å². The number of rotatable bonds is 5. The Morgan fingerprint density at radius 2 is 1.80 bits per heavy atom. The second kappa shape index (κ2) is 6.69. The quantitative estimate of drug-likeness (QED) is 0.837. The molecule has 0 aliphatic carbocycles. The van der Waals surface area contributed by atoms with Crippen molar-refractivity contribution in [1.82, 2.24) is 0 Å². The van der Waals surface area contributed by atoms with Crippen LogP contribution in [0.2, 0.25) is 0 Å². The Labute approximate surface area is 121 Å². The Hall–Kier alpha value is -1.64. The molecule has 2 aromatic carbocycles. The lowest BCUT2D eigenvalue weighted by Crippen LogP contribution is -2.14. The fourth-order valence-electron chi connectivity index (χ4n) is 2.53. The summed E-state index contributed by atoms with van der Waals surface area (Å²) in [6, 6.07) is 15.2. The molecule has 0 amide bonds. The van der Waals surface area contributed by atoms with E-state index in [-0.39, 0.29) is 0 Å². The van der Waals surface area contributed by atoms with Crippen LogP contribution >= 0.6 is 0 Å². The molecular weight excluding hydrogens is 246 g/mol. The first kappa shape index (κ1) is 14.8. The minimum atomic E-state index is 0.294. The van der Waals surface area contributed by atoms with E-state index in [1.54, 1.807) is 0 Å². The third kappa shape index (κ3) is 3.69. The Balaban J connectivity index is 2.22. The lowest BCUT2D eigenvalue weighted by Gasteiger charge is -2.17. The summed E-state index contributed by atoms with van der Waals surface area (Å²) in [6.07, 6.45) is 0.946. The van der Waals surface area contributed by atoms with E-state index in [1.165, 1.54) is 27.8 Å². The van der Waals surface area contributed by atoms with Crippen LogP contribution in [0.3, 0.4) is 0 Å². The number of aryl methyl sites for hydroxylation is 3. The summed E-state index contributed by atoms with van der Waals surface area (Å²) in [5, 5.41) is 0. The highest BCUT2D eigenvalue weighted by Crippen LogP contribution is 2.23. The minimum Gasteiger partial charge on any atom is -0.304 e. The monoisotopic (exact) mass is 269 g/mol. The predicted octanol–water partition coefficient (Wildman–Crippen LogP) is 3.83. The van der Waals surface area contributed by atoms with Gasteiger partial charge in [0.15, 0.2) is 0 Å². The maximum Gasteiger partial charge on any atom is 0.0751 e. The summed E-state index contributed by atoms with van der Waals surface area (Å²) in [5.41, 5.74) is 6.55. The first-order chi connectivity index (χ1) is 9.60. The van der Waals surface area contributed by atoms with Crippen LogP contribution in [0.4, 0.5) is 0 Å². The molecule has 0 aliphatic rings. The normalized spacial score (nSPS) is 12.4. The van der Waals surface area contributed by atoms with Gasteiger partial charge in [-0.3, -0.25) is 0 Å². The van der Waals surface area contributed by atoms with E-state index in [9.17, 15) is 0 Å². The molecule has 0 spiro atoms. The van der Waals surface area contributed by atoms with Gasteiger partial charge in [0.25, 0.3) is 0 Å². The average molecular weight is 269 g/mol. The zero-order valence-electron chi connectivity index (χ0n) is 12.5. The first-order valence-electron chi connectivity index (χ1n) is 7.04. The van der Waals surface area contributed by atoms with Crippen molar-refractivity contribution in [3.8, 4) is 0 Å². The van der Waals surface area contributed by atoms with Crippen LogP contribution < -0.4 is 5.90 Å². The van der Waals surface area contributed by atoms with Crippen LogP contribution in [-0.2, 0) is 11.3 Å². The van der Waals surface area contributed by atoms with Gasteiger partial charge in [-0.2, -0.15) is 0 Å². The summed E-state index contributed by atoms with van der Waals surface area (Å²) >= 11 is 0. The minimum absolute atomic E-state index is 0.294. The number of hydrogen-bond acceptors (Lipinski definition) is 2. The second-order valence-electron chi connectivity index (χ2n) is 5.57. The predicted molar refractivity (Wildman–Crippen MR) is 83.7 cm³/mol. The van der Waals surface area contributed by atoms with E-state index >= 15 is 0 Å². The zero-order chi connectivity index (χ0) is 14.5. The molecule has 0 aliphatic heterocycles. The van der Waals surface area contributed by atoms with E-state index in [0.717, 1.165) is 6.42 Å². The van der Waals surface area contributed by atoms with Gasteiger partial charge in [-0.15, -0.1) is 0 Å². The van der Waals surface area contributed by atoms with Crippen LogP contribution in [0.15, 0.2) is 42.5 Å². The van der Waals surface area contributed by atoms with Gasteiger partial charge in [-0.05, 0) is 49.4 Å². The highest BCUT2D eigenvalue weighted by molar-refractivity contribution is 5.32. The molecule has 0 aromatic heterocycles. The van der Waals surface area contributed by atoms with E-state index < -0.39 is 0 Å². The molecule has 2 N–H and O–H groups in total. The fourth-order valence-corrected chi connectivity index (χ4v) is 2.53. The highest BCUT2D eigenvalue weighted by atomic mass is 16.6. The third-order valence-corrected chi connectivity index (χ3v) is 3.86. The summed E-state index contributed by atoms with van der Waals surface area (Å²) in [4.78, 5) is 4.92. The molecule has 2 nitrogen and oxygen atoms in total. The second-order valence-corrected chi connectivity index (χ2v) is 5.57. The molecule has 20 heavy (non-hydrogen) atoms. The molecule has 2 aromatic rings. The standard InChI is InChI=1S/C18H23NO/c1-13-5-4-6-17(9-13)18(12-20-19)11-16-8-7-14(2)15(3)10-16/h4-10,18H,11-12,19H2,1-3H3. The van der Waals surface area contributed by atoms with Crippen molar-refractivity contribution in [1.29, 1.82) is 0 Å². The Morgan fingerprint density at radius 1 is 1.00 bits per heavy atom. The molecule has 0 fully saturated rings. The SMILES string of the molecule is Cc1cccc(C(CON)Cc2ccc(C)c(C)c2)c1. The Bertz CT molecular complexity index is 577. The maximum absolute atomic E-state index is 5.31. The topological polar surface area (TPSA) is 35.2 Å². The van der Waals surface area contributed by atoms with Gasteiger partial charge in [0, 0.05) is 5.92 Å². The van der Waals surface area contributed by atoms with Crippen LogP contribution in [0, 0.1) is 20.8 Å². The van der Waals surface area contributed by atoms with Gasteiger partial charge in [-0.25, -0.2) is 5.90 Å². The van der Waals surface area contributed by atoms with Gasteiger partial charge in [0.2, 0.25) is 0 Å². The fraction of sp³-hybridized carbons (Fsp3) is 0.333. The summed E-state index contributed by atoms with van der Waals surface area (Å²) < 4.78 is 0. The molecule has 2 heteroatoms. The van der Waals surface area contributed by atoms with Crippen molar-refractivity contribution in [3.63, 3.8) is 0 Å². The molecule has 0 saturated heterocycles. The number of benzene rings is 2. The maximum atomic E-state index is 5.31. The lowest BCUT2D eigenvalue weighted by molar-refractivity contribution is 0.122. The molecule has 0 bridgehead atoms. The number of nitrogens with two attached hydrogens (primary N) is 1. The van der Waals surface area contributed by atoms with Gasteiger partial charge < -0.3 is 4.84 Å². The first-order valence-corrected chi connectivity index (χ1v) is 7.04. The van der Waals surface area contributed by atoms with Gasteiger partial charge >= 0.3 is 0 Å². The van der Waals surface area contributed by atoms with Crippen LogP contribution in [0.1, 0.15) is 33.7 Å². The molecule has 0 heterocycles. The molecule has 0 radical (unpaired) electrons. The van der Waals surface area contributed by atoms with Crippen molar-refractivity contribution in [2.45, 2.75) is 33.1 Å². The van der Waals surface area contributed by atoms with Crippen molar-refractivity contribution < 1.29 is 4.84 Å². The zero-order valence-corrected chi connectivity index (χ0v) is 12.5. The smallest absolute Gasteiger partial charge is 0.0751 e. The lowest BCUT2D eigenvalue weighted by atomic mass is 9.91. The van der Waals surface area contributed by atoms with Crippen molar-refractivity contribution in [3.05, 3.63) is 70.3 Å². The van der Waals surface area contributed by atoms with Crippen LogP contribution in [0.5, 0.6) is 0 Å². The Morgan fingerprint density at radius 3 is 2.45 bits per heavy atom. The van der Waals surface area contributed by atoms with Crippen LogP contribution in [0.25, 0.3) is 0 Å². The third-order valence-electron chi connectivity index (χ3n) is 3.86. The van der Waals surface area contributed by atoms with Crippen molar-refractivity contribution in [2.75, 3.05) is 6.61 Å². The largest absolute Gasteiger partial charge is 0.304 e. The molecule has 0 saturated carbocycles. The summed E-state index contributed by atoms with van der Waals surface area (Å²) in [5.74, 6) is 5.61. The van der Waals surface area contributed by atoms with E-state index in [1.807, 2.05) is 0 Å². The van der Waals surface area contributed by atoms with Gasteiger partial charge in [-0.1, -0.05) is 48.0 Å². The molecule has 106 valence electrons. The molecule has 1 unspecified atom stereocenters. The highest BCUT2D eigenvalue weighted by Gasteiger charge is 2.13. The summed E-state index contributed by atoms with van der Waals surface area (Å²) in [7, 11) is 0. The molecular formula is C18H23NO. The van der Waals surface area contributed by atoms with Gasteiger partial charge in [0.05, 0.1) is 6.61 Å². The summed E-state index contributed by atoms with van der Waals surface area (Å²) in [6.45, 7) is 6.94. The molecule has 1 atom stereocenters. The Kier molecular flexibility index (Phi) is 4.94. The van der Waals surface area contributed by atoms with E-state index in [0.29, 0.717) is 12.5 Å². The van der Waals surface area contributed by atoms with Crippen molar-refractivity contribution >= 4 is 0 Å². The number of hydrogen-bond donors (Lipinski definition) is 1. The van der Waals surface area contributed by atoms with E-state index in [4.69, 9.17) is 10.7 Å². The average Bonchev–Trinajstić information content (AvgIpc) is 2.42. The van der Waals surface area contributed by atoms with E-state index in [2.05, 4.69) is 63.2 Å². The van der Waals surface area contributed by atoms with Gasteiger partial charge in [0.1, 0.15) is 0 Å². The molecule has 2 rings (SSSR count).